The number of nitrogens with one attached hydrogen (secondary N) is 2. The number of anilines is 1. The number of para-hydroxylation sites is 2. The number of nitrogens with zero attached hydrogens (tertiary/aromatic N) is 2. The van der Waals surface area contributed by atoms with Crippen LogP contribution in [0.1, 0.15) is 41.6 Å². The summed E-state index contributed by atoms with van der Waals surface area (Å²) in [4.78, 5) is 37.4. The molecule has 0 radical (unpaired) electrons. The van der Waals surface area contributed by atoms with Gasteiger partial charge in [0.15, 0.2) is 0 Å². The number of hydrogen-bond acceptors (Lipinski definition) is 5. The van der Waals surface area contributed by atoms with Crippen molar-refractivity contribution in [2.75, 3.05) is 11.9 Å². The minimum atomic E-state index is -0.505. The molecule has 0 bridgehead atoms. The number of nitro benzene ring substituents is 1. The highest BCUT2D eigenvalue weighted by Gasteiger charge is 2.31. The molecule has 8 heteroatoms. The van der Waals surface area contributed by atoms with Crippen molar-refractivity contribution < 1.29 is 14.5 Å². The number of nitro groups is 1. The molecule has 0 saturated heterocycles. The van der Waals surface area contributed by atoms with E-state index >= 15 is 0 Å². The van der Waals surface area contributed by atoms with Crippen molar-refractivity contribution in [1.29, 1.82) is 0 Å². The molecule has 8 nitrogen and oxygen atoms in total. The van der Waals surface area contributed by atoms with Gasteiger partial charge < -0.3 is 10.6 Å². The van der Waals surface area contributed by atoms with Crippen molar-refractivity contribution in [2.45, 2.75) is 44.3 Å². The van der Waals surface area contributed by atoms with Gasteiger partial charge in [0.1, 0.15) is 5.69 Å². The second-order valence-corrected chi connectivity index (χ2v) is 7.90. The molecule has 0 atom stereocenters. The van der Waals surface area contributed by atoms with Crippen molar-refractivity contribution in [2.24, 2.45) is 0 Å². The van der Waals surface area contributed by atoms with Crippen molar-refractivity contribution in [1.82, 2.24) is 10.2 Å². The van der Waals surface area contributed by atoms with E-state index in [-0.39, 0.29) is 29.7 Å². The average molecular weight is 408 g/mol. The number of amides is 2. The molecule has 0 heterocycles. The summed E-state index contributed by atoms with van der Waals surface area (Å²) in [6.45, 7) is 0.736. The minimum Gasteiger partial charge on any atom is -0.349 e. The van der Waals surface area contributed by atoms with Crippen LogP contribution in [0.25, 0.3) is 0 Å². The van der Waals surface area contributed by atoms with Crippen molar-refractivity contribution in [3.05, 3.63) is 69.8 Å². The third kappa shape index (κ3) is 5.21. The SMILES string of the molecule is O=C(CN(Cc1ccc(C(=O)NC2CC2)cc1)C1CC1)Nc1ccccc1[N+](=O)[O-]. The number of carbonyl (C=O) groups is 2. The molecule has 156 valence electrons. The first-order valence-electron chi connectivity index (χ1n) is 10.2. The molecule has 2 amide bonds. The largest absolute Gasteiger partial charge is 0.349 e. The van der Waals surface area contributed by atoms with Crippen LogP contribution in [0.15, 0.2) is 48.5 Å². The van der Waals surface area contributed by atoms with Gasteiger partial charge in [-0.15, -0.1) is 0 Å². The average Bonchev–Trinajstić information content (AvgIpc) is 3.62. The molecule has 0 aromatic heterocycles. The van der Waals surface area contributed by atoms with Gasteiger partial charge in [-0.05, 0) is 49.4 Å². The molecule has 0 spiro atoms. The Morgan fingerprint density at radius 1 is 1.03 bits per heavy atom. The van der Waals surface area contributed by atoms with E-state index in [1.165, 1.54) is 12.1 Å². The van der Waals surface area contributed by atoms with E-state index in [1.54, 1.807) is 12.1 Å². The Morgan fingerprint density at radius 3 is 2.37 bits per heavy atom. The number of carbonyl (C=O) groups excluding carboxylic acids is 2. The third-order valence-electron chi connectivity index (χ3n) is 5.30. The lowest BCUT2D eigenvalue weighted by atomic mass is 10.1. The van der Waals surface area contributed by atoms with Gasteiger partial charge in [-0.3, -0.25) is 24.6 Å². The Labute approximate surface area is 174 Å². The monoisotopic (exact) mass is 408 g/mol. The first kappa shape index (κ1) is 20.0. The predicted molar refractivity (Wildman–Crippen MR) is 112 cm³/mol. The molecule has 0 unspecified atom stereocenters. The van der Waals surface area contributed by atoms with Crippen molar-refractivity contribution in [3.63, 3.8) is 0 Å². The molecule has 2 aliphatic carbocycles. The summed E-state index contributed by atoms with van der Waals surface area (Å²) >= 11 is 0. The molecule has 2 aromatic rings. The van der Waals surface area contributed by atoms with Gasteiger partial charge in [-0.2, -0.15) is 0 Å². The summed E-state index contributed by atoms with van der Waals surface area (Å²) in [6, 6.07) is 14.2. The Balaban J connectivity index is 1.37. The van der Waals surface area contributed by atoms with Crippen LogP contribution in [0.5, 0.6) is 0 Å². The maximum atomic E-state index is 12.5. The van der Waals surface area contributed by atoms with Gasteiger partial charge in [0, 0.05) is 30.3 Å². The highest BCUT2D eigenvalue weighted by atomic mass is 16.6. The minimum absolute atomic E-state index is 0.0491. The maximum absolute atomic E-state index is 12.5. The van der Waals surface area contributed by atoms with Crippen LogP contribution >= 0.6 is 0 Å². The van der Waals surface area contributed by atoms with E-state index in [0.29, 0.717) is 24.2 Å². The molecule has 4 rings (SSSR count). The van der Waals surface area contributed by atoms with Crippen molar-refractivity contribution in [3.8, 4) is 0 Å². The van der Waals surface area contributed by atoms with Gasteiger partial charge >= 0.3 is 0 Å². The summed E-state index contributed by atoms with van der Waals surface area (Å²) in [5.74, 6) is -0.330. The fraction of sp³-hybridized carbons (Fsp3) is 0.364. The third-order valence-corrected chi connectivity index (χ3v) is 5.30. The zero-order valence-corrected chi connectivity index (χ0v) is 16.5. The molecular formula is C22H24N4O4. The maximum Gasteiger partial charge on any atom is 0.292 e. The standard InChI is InChI=1S/C22H24N4O4/c27-21(24-19-3-1-2-4-20(19)26(29)30)14-25(18-11-12-18)13-15-5-7-16(8-6-15)22(28)23-17-9-10-17/h1-8,17-18H,9-14H2,(H,23,28)(H,24,27). The van der Waals surface area contributed by atoms with Crippen LogP contribution in [-0.2, 0) is 11.3 Å². The number of hydrogen-bond donors (Lipinski definition) is 2. The number of rotatable bonds is 9. The highest BCUT2D eigenvalue weighted by Crippen LogP contribution is 2.29. The fourth-order valence-electron chi connectivity index (χ4n) is 3.36. The van der Waals surface area contributed by atoms with Crippen LogP contribution in [0.3, 0.4) is 0 Å². The molecule has 2 fully saturated rings. The predicted octanol–water partition coefficient (Wildman–Crippen LogP) is 3.09. The Kier molecular flexibility index (Phi) is 5.76. The van der Waals surface area contributed by atoms with E-state index in [0.717, 1.165) is 31.2 Å². The molecule has 2 aromatic carbocycles. The summed E-state index contributed by atoms with van der Waals surface area (Å²) in [6.07, 6.45) is 4.16. The van der Waals surface area contributed by atoms with Gasteiger partial charge in [-0.1, -0.05) is 24.3 Å². The second-order valence-electron chi connectivity index (χ2n) is 7.90. The van der Waals surface area contributed by atoms with Crippen LogP contribution in [-0.4, -0.2) is 40.3 Å². The van der Waals surface area contributed by atoms with Gasteiger partial charge in [0.25, 0.3) is 11.6 Å². The van der Waals surface area contributed by atoms with E-state index in [9.17, 15) is 19.7 Å². The molecule has 2 saturated carbocycles. The first-order chi connectivity index (χ1) is 14.5. The van der Waals surface area contributed by atoms with E-state index in [2.05, 4.69) is 15.5 Å². The van der Waals surface area contributed by atoms with Gasteiger partial charge in [0.2, 0.25) is 5.91 Å². The first-order valence-corrected chi connectivity index (χ1v) is 10.2. The molecule has 0 aliphatic heterocycles. The number of benzene rings is 2. The highest BCUT2D eigenvalue weighted by molar-refractivity contribution is 5.95. The van der Waals surface area contributed by atoms with Crippen LogP contribution in [0.2, 0.25) is 0 Å². The van der Waals surface area contributed by atoms with Crippen LogP contribution in [0, 0.1) is 10.1 Å². The zero-order valence-electron chi connectivity index (χ0n) is 16.5. The lowest BCUT2D eigenvalue weighted by Gasteiger charge is -2.21. The van der Waals surface area contributed by atoms with E-state index in [4.69, 9.17) is 0 Å². The van der Waals surface area contributed by atoms with E-state index in [1.807, 2.05) is 24.3 Å². The van der Waals surface area contributed by atoms with Gasteiger partial charge in [0.05, 0.1) is 11.5 Å². The summed E-state index contributed by atoms with van der Waals surface area (Å²) in [7, 11) is 0. The normalized spacial score (nSPS) is 15.6. The Bertz CT molecular complexity index is 952. The lowest BCUT2D eigenvalue weighted by molar-refractivity contribution is -0.383. The Morgan fingerprint density at radius 2 is 1.73 bits per heavy atom. The molecular weight excluding hydrogens is 384 g/mol. The summed E-state index contributed by atoms with van der Waals surface area (Å²) < 4.78 is 0. The fourth-order valence-corrected chi connectivity index (χ4v) is 3.36. The van der Waals surface area contributed by atoms with Crippen molar-refractivity contribution >= 4 is 23.2 Å². The smallest absolute Gasteiger partial charge is 0.292 e. The Hall–Kier alpha value is -3.26. The lowest BCUT2D eigenvalue weighted by Crippen LogP contribution is -2.34. The zero-order chi connectivity index (χ0) is 21.1. The van der Waals surface area contributed by atoms with Crippen LogP contribution < -0.4 is 10.6 Å². The molecule has 2 N–H and O–H groups in total. The quantitative estimate of drug-likeness (QED) is 0.490. The second kappa shape index (κ2) is 8.62. The van der Waals surface area contributed by atoms with E-state index < -0.39 is 4.92 Å². The van der Waals surface area contributed by atoms with Gasteiger partial charge in [-0.25, -0.2) is 0 Å². The topological polar surface area (TPSA) is 105 Å². The molecule has 2 aliphatic rings. The van der Waals surface area contributed by atoms with Crippen LogP contribution in [0.4, 0.5) is 11.4 Å². The molecule has 30 heavy (non-hydrogen) atoms. The summed E-state index contributed by atoms with van der Waals surface area (Å²) in [5, 5.41) is 16.8. The summed E-state index contributed by atoms with van der Waals surface area (Å²) in [5.41, 5.74) is 1.74.